The molecular weight excluding hydrogens is 262 g/mol. The van der Waals surface area contributed by atoms with E-state index in [1.165, 1.54) is 0 Å². The zero-order valence-electron chi connectivity index (χ0n) is 12.2. The van der Waals surface area contributed by atoms with Crippen LogP contribution in [0.5, 0.6) is 0 Å². The van der Waals surface area contributed by atoms with Crippen molar-refractivity contribution in [3.63, 3.8) is 0 Å². The SMILES string of the molecule is CCC(C)N(CCOC)c1ccc(Cl)c(CNC)n1. The molecule has 0 aromatic carbocycles. The highest BCUT2D eigenvalue weighted by Gasteiger charge is 2.15. The standard InChI is InChI=1S/C14H24ClN3O/c1-5-11(2)18(8-9-19-4)14-7-6-12(15)13(17-14)10-16-3/h6-7,11,16H,5,8-10H2,1-4H3. The number of nitrogens with zero attached hydrogens (tertiary/aromatic N) is 2. The Morgan fingerprint density at radius 2 is 2.21 bits per heavy atom. The van der Waals surface area contributed by atoms with E-state index in [-0.39, 0.29) is 0 Å². The van der Waals surface area contributed by atoms with Gasteiger partial charge >= 0.3 is 0 Å². The van der Waals surface area contributed by atoms with Gasteiger partial charge in [-0.2, -0.15) is 0 Å². The number of nitrogens with one attached hydrogen (secondary N) is 1. The highest BCUT2D eigenvalue weighted by Crippen LogP contribution is 2.21. The molecule has 1 rings (SSSR count). The monoisotopic (exact) mass is 285 g/mol. The van der Waals surface area contributed by atoms with Crippen LogP contribution in [0.15, 0.2) is 12.1 Å². The van der Waals surface area contributed by atoms with Gasteiger partial charge in [0.1, 0.15) is 5.82 Å². The van der Waals surface area contributed by atoms with E-state index in [0.717, 1.165) is 24.5 Å². The quantitative estimate of drug-likeness (QED) is 0.797. The minimum Gasteiger partial charge on any atom is -0.383 e. The fraction of sp³-hybridized carbons (Fsp3) is 0.643. The average Bonchev–Trinajstić information content (AvgIpc) is 2.42. The van der Waals surface area contributed by atoms with Crippen LogP contribution in [-0.4, -0.2) is 38.3 Å². The normalized spacial score (nSPS) is 12.5. The fourth-order valence-corrected chi connectivity index (χ4v) is 2.07. The summed E-state index contributed by atoms with van der Waals surface area (Å²) in [5.74, 6) is 0.959. The molecule has 0 aliphatic rings. The second-order valence-electron chi connectivity index (χ2n) is 4.57. The summed E-state index contributed by atoms with van der Waals surface area (Å²) >= 11 is 6.15. The van der Waals surface area contributed by atoms with Crippen LogP contribution in [0.4, 0.5) is 5.82 Å². The first-order valence-electron chi connectivity index (χ1n) is 6.69. The molecule has 4 nitrogen and oxygen atoms in total. The molecule has 0 radical (unpaired) electrons. The average molecular weight is 286 g/mol. The number of hydrogen-bond acceptors (Lipinski definition) is 4. The van der Waals surface area contributed by atoms with E-state index >= 15 is 0 Å². The minimum atomic E-state index is 0.422. The topological polar surface area (TPSA) is 37.4 Å². The predicted octanol–water partition coefficient (Wildman–Crippen LogP) is 2.71. The number of halogens is 1. The Bertz CT molecular complexity index is 387. The summed E-state index contributed by atoms with van der Waals surface area (Å²) in [6.07, 6.45) is 1.06. The molecule has 1 heterocycles. The van der Waals surface area contributed by atoms with E-state index in [1.54, 1.807) is 7.11 Å². The van der Waals surface area contributed by atoms with E-state index in [1.807, 2.05) is 19.2 Å². The molecule has 1 atom stereocenters. The molecule has 0 saturated carbocycles. The third kappa shape index (κ3) is 4.64. The Morgan fingerprint density at radius 3 is 2.79 bits per heavy atom. The summed E-state index contributed by atoms with van der Waals surface area (Å²) < 4.78 is 5.18. The zero-order chi connectivity index (χ0) is 14.3. The van der Waals surface area contributed by atoms with Crippen LogP contribution in [0.2, 0.25) is 5.02 Å². The molecule has 1 unspecified atom stereocenters. The summed E-state index contributed by atoms with van der Waals surface area (Å²) in [5.41, 5.74) is 0.882. The minimum absolute atomic E-state index is 0.422. The largest absolute Gasteiger partial charge is 0.383 e. The molecule has 1 aromatic rings. The summed E-state index contributed by atoms with van der Waals surface area (Å²) in [7, 11) is 3.61. The maximum absolute atomic E-state index is 6.15. The molecule has 5 heteroatoms. The van der Waals surface area contributed by atoms with Crippen LogP contribution in [0, 0.1) is 0 Å². The number of aromatic nitrogens is 1. The molecule has 0 saturated heterocycles. The summed E-state index contributed by atoms with van der Waals surface area (Å²) in [5, 5.41) is 3.79. The molecule has 108 valence electrons. The molecular formula is C14H24ClN3O. The van der Waals surface area contributed by atoms with Gasteiger partial charge in [-0.15, -0.1) is 0 Å². The van der Waals surface area contributed by atoms with Crippen molar-refractivity contribution in [3.05, 3.63) is 22.8 Å². The van der Waals surface area contributed by atoms with Crippen LogP contribution in [0.25, 0.3) is 0 Å². The van der Waals surface area contributed by atoms with Crippen molar-refractivity contribution in [2.45, 2.75) is 32.9 Å². The van der Waals surface area contributed by atoms with Crippen LogP contribution in [0.1, 0.15) is 26.0 Å². The zero-order valence-corrected chi connectivity index (χ0v) is 13.0. The number of rotatable bonds is 8. The lowest BCUT2D eigenvalue weighted by molar-refractivity contribution is 0.203. The van der Waals surface area contributed by atoms with E-state index in [0.29, 0.717) is 24.2 Å². The summed E-state index contributed by atoms with van der Waals surface area (Å²) in [4.78, 5) is 6.92. The third-order valence-corrected chi connectivity index (χ3v) is 3.55. The first kappa shape index (κ1) is 16.2. The van der Waals surface area contributed by atoms with Crippen LogP contribution >= 0.6 is 11.6 Å². The van der Waals surface area contributed by atoms with Gasteiger partial charge in [-0.25, -0.2) is 4.98 Å². The van der Waals surface area contributed by atoms with Gasteiger partial charge in [0.2, 0.25) is 0 Å². The van der Waals surface area contributed by atoms with Crippen molar-refractivity contribution < 1.29 is 4.74 Å². The highest BCUT2D eigenvalue weighted by atomic mass is 35.5. The van der Waals surface area contributed by atoms with E-state index in [2.05, 4.69) is 29.0 Å². The van der Waals surface area contributed by atoms with Crippen LogP contribution in [-0.2, 0) is 11.3 Å². The molecule has 0 fully saturated rings. The van der Waals surface area contributed by atoms with E-state index in [9.17, 15) is 0 Å². The van der Waals surface area contributed by atoms with Gasteiger partial charge < -0.3 is 15.0 Å². The maximum Gasteiger partial charge on any atom is 0.129 e. The molecule has 0 spiro atoms. The Balaban J connectivity index is 2.97. The van der Waals surface area contributed by atoms with Crippen molar-refractivity contribution >= 4 is 17.4 Å². The molecule has 19 heavy (non-hydrogen) atoms. The molecule has 0 aliphatic carbocycles. The molecule has 1 N–H and O–H groups in total. The van der Waals surface area contributed by atoms with Gasteiger partial charge in [-0.3, -0.25) is 0 Å². The highest BCUT2D eigenvalue weighted by molar-refractivity contribution is 6.31. The summed E-state index contributed by atoms with van der Waals surface area (Å²) in [6.45, 7) is 6.57. The van der Waals surface area contributed by atoms with Crippen molar-refractivity contribution in [3.8, 4) is 0 Å². The van der Waals surface area contributed by atoms with Crippen molar-refractivity contribution in [1.82, 2.24) is 10.3 Å². The Kier molecular flexibility index (Phi) is 7.13. The smallest absolute Gasteiger partial charge is 0.129 e. The fourth-order valence-electron chi connectivity index (χ4n) is 1.89. The third-order valence-electron chi connectivity index (χ3n) is 3.20. The van der Waals surface area contributed by atoms with Crippen molar-refractivity contribution in [2.75, 3.05) is 32.2 Å². The Hall–Kier alpha value is -0.840. The van der Waals surface area contributed by atoms with Gasteiger partial charge in [0.15, 0.2) is 0 Å². The van der Waals surface area contributed by atoms with Crippen LogP contribution in [0.3, 0.4) is 0 Å². The molecule has 1 aromatic heterocycles. The molecule has 0 bridgehead atoms. The van der Waals surface area contributed by atoms with Crippen LogP contribution < -0.4 is 10.2 Å². The van der Waals surface area contributed by atoms with Gasteiger partial charge in [-0.1, -0.05) is 18.5 Å². The lowest BCUT2D eigenvalue weighted by Crippen LogP contribution is -2.36. The Morgan fingerprint density at radius 1 is 1.47 bits per heavy atom. The lowest BCUT2D eigenvalue weighted by atomic mass is 10.2. The molecule has 0 amide bonds. The van der Waals surface area contributed by atoms with Gasteiger partial charge in [-0.05, 0) is 32.5 Å². The predicted molar refractivity (Wildman–Crippen MR) is 81.0 cm³/mol. The number of hydrogen-bond donors (Lipinski definition) is 1. The lowest BCUT2D eigenvalue weighted by Gasteiger charge is -2.30. The van der Waals surface area contributed by atoms with Gasteiger partial charge in [0, 0.05) is 26.2 Å². The first-order chi connectivity index (χ1) is 9.13. The Labute approximate surface area is 121 Å². The number of pyridine rings is 1. The number of methoxy groups -OCH3 is 1. The second kappa shape index (κ2) is 8.35. The van der Waals surface area contributed by atoms with Crippen molar-refractivity contribution in [1.29, 1.82) is 0 Å². The van der Waals surface area contributed by atoms with Crippen molar-refractivity contribution in [2.24, 2.45) is 0 Å². The summed E-state index contributed by atoms with van der Waals surface area (Å²) in [6, 6.07) is 4.31. The number of ether oxygens (including phenoxy) is 1. The van der Waals surface area contributed by atoms with Gasteiger partial charge in [0.25, 0.3) is 0 Å². The number of anilines is 1. The second-order valence-corrected chi connectivity index (χ2v) is 4.98. The molecule has 0 aliphatic heterocycles. The maximum atomic E-state index is 6.15. The van der Waals surface area contributed by atoms with E-state index in [4.69, 9.17) is 16.3 Å². The van der Waals surface area contributed by atoms with E-state index < -0.39 is 0 Å². The van der Waals surface area contributed by atoms with Gasteiger partial charge in [0.05, 0.1) is 17.3 Å². The first-order valence-corrected chi connectivity index (χ1v) is 7.07.